The van der Waals surface area contributed by atoms with E-state index in [4.69, 9.17) is 22.1 Å². The molecule has 1 aromatic carbocycles. The van der Waals surface area contributed by atoms with Gasteiger partial charge in [0.15, 0.2) is 0 Å². The SMILES string of the molecule is CCC(=O)O.COC1=C/CC2=C(NC/C=C\1)C(=S)N(Cc1ccccc1)CC2. The molecule has 0 spiro atoms. The van der Waals surface area contributed by atoms with Crippen LogP contribution in [0.25, 0.3) is 0 Å². The summed E-state index contributed by atoms with van der Waals surface area (Å²) in [4.78, 5) is 12.6. The molecule has 0 fully saturated rings. The average Bonchev–Trinajstić information content (AvgIpc) is 2.82. The Labute approximate surface area is 172 Å². The number of methoxy groups -OCH3 is 1. The van der Waals surface area contributed by atoms with Gasteiger partial charge in [-0.15, -0.1) is 0 Å². The molecule has 0 radical (unpaired) electrons. The highest BCUT2D eigenvalue weighted by atomic mass is 32.1. The summed E-state index contributed by atoms with van der Waals surface area (Å²) >= 11 is 5.76. The van der Waals surface area contributed by atoms with Crippen LogP contribution in [-0.2, 0) is 16.1 Å². The molecule has 2 N–H and O–H groups in total. The van der Waals surface area contributed by atoms with Crippen LogP contribution >= 0.6 is 12.2 Å². The Morgan fingerprint density at radius 2 is 2.04 bits per heavy atom. The molecule has 0 aliphatic carbocycles. The first-order valence-corrected chi connectivity index (χ1v) is 9.87. The largest absolute Gasteiger partial charge is 0.497 e. The first-order valence-electron chi connectivity index (χ1n) is 9.46. The number of hydrogen-bond acceptors (Lipinski definition) is 4. The minimum Gasteiger partial charge on any atom is -0.497 e. The van der Waals surface area contributed by atoms with E-state index in [1.807, 2.05) is 12.1 Å². The molecule has 5 nitrogen and oxygen atoms in total. The second-order valence-electron chi connectivity index (χ2n) is 6.49. The first kappa shape index (κ1) is 21.7. The summed E-state index contributed by atoms with van der Waals surface area (Å²) in [5.41, 5.74) is 3.79. The van der Waals surface area contributed by atoms with Crippen molar-refractivity contribution in [1.82, 2.24) is 10.2 Å². The van der Waals surface area contributed by atoms with Crippen molar-refractivity contribution in [2.75, 3.05) is 20.2 Å². The Balaban J connectivity index is 0.000000500. The van der Waals surface area contributed by atoms with Gasteiger partial charge in [0.1, 0.15) is 10.7 Å². The van der Waals surface area contributed by atoms with Crippen molar-refractivity contribution in [2.45, 2.75) is 32.7 Å². The molecule has 0 saturated heterocycles. The number of ether oxygens (including phenoxy) is 1. The fourth-order valence-electron chi connectivity index (χ4n) is 2.94. The standard InChI is InChI=1S/C19H22N2OS.C3H6O2/c1-22-17-8-5-12-20-18-16(9-10-17)11-13-21(19(18)23)14-15-6-3-2-4-7-15;1-2-3(4)5/h2-8,10,20H,9,11-14H2,1H3;2H2,1H3,(H,4,5)/b8-5-,17-10+;. The van der Waals surface area contributed by atoms with Crippen LogP contribution < -0.4 is 5.32 Å². The van der Waals surface area contributed by atoms with E-state index < -0.39 is 5.97 Å². The van der Waals surface area contributed by atoms with Crippen LogP contribution in [-0.4, -0.2) is 41.2 Å². The van der Waals surface area contributed by atoms with Crippen molar-refractivity contribution in [3.05, 3.63) is 71.2 Å². The van der Waals surface area contributed by atoms with Crippen LogP contribution in [0.2, 0.25) is 0 Å². The van der Waals surface area contributed by atoms with Crippen molar-refractivity contribution < 1.29 is 14.6 Å². The number of hydrogen-bond donors (Lipinski definition) is 2. The van der Waals surface area contributed by atoms with Crippen LogP contribution in [0.15, 0.2) is 65.6 Å². The zero-order chi connectivity index (χ0) is 20.4. The number of carbonyl (C=O) groups is 1. The lowest BCUT2D eigenvalue weighted by molar-refractivity contribution is -0.136. The van der Waals surface area contributed by atoms with Crippen LogP contribution in [0.1, 0.15) is 31.7 Å². The van der Waals surface area contributed by atoms with Gasteiger partial charge in [-0.2, -0.15) is 0 Å². The summed E-state index contributed by atoms with van der Waals surface area (Å²) in [5.74, 6) is 0.170. The topological polar surface area (TPSA) is 61.8 Å². The van der Waals surface area contributed by atoms with E-state index in [1.165, 1.54) is 11.1 Å². The number of thiocarbonyl (C=S) groups is 1. The fraction of sp³-hybridized carbons (Fsp3) is 0.364. The molecule has 0 aromatic heterocycles. The highest BCUT2D eigenvalue weighted by Gasteiger charge is 2.23. The van der Waals surface area contributed by atoms with Gasteiger partial charge in [-0.3, -0.25) is 4.79 Å². The number of nitrogens with one attached hydrogen (secondary N) is 1. The number of rotatable bonds is 4. The third-order valence-corrected chi connectivity index (χ3v) is 4.98. The lowest BCUT2D eigenvalue weighted by atomic mass is 10.0. The van der Waals surface area contributed by atoms with Crippen LogP contribution in [0.5, 0.6) is 0 Å². The monoisotopic (exact) mass is 400 g/mol. The lowest BCUT2D eigenvalue weighted by Gasteiger charge is -2.33. The van der Waals surface area contributed by atoms with Crippen molar-refractivity contribution in [1.29, 1.82) is 0 Å². The molecule has 0 unspecified atom stereocenters. The highest BCUT2D eigenvalue weighted by molar-refractivity contribution is 7.80. The Morgan fingerprint density at radius 3 is 2.68 bits per heavy atom. The predicted octanol–water partition coefficient (Wildman–Crippen LogP) is 4.03. The molecule has 0 bridgehead atoms. The molecular formula is C22H28N2O3S. The number of nitrogens with zero attached hydrogens (tertiary/aromatic N) is 1. The maximum atomic E-state index is 9.37. The summed E-state index contributed by atoms with van der Waals surface area (Å²) in [7, 11) is 1.71. The number of benzene rings is 1. The van der Waals surface area contributed by atoms with Crippen LogP contribution in [0.4, 0.5) is 0 Å². The molecule has 2 heterocycles. The van der Waals surface area contributed by atoms with Gasteiger partial charge in [-0.05, 0) is 36.1 Å². The molecule has 28 heavy (non-hydrogen) atoms. The molecule has 0 amide bonds. The lowest BCUT2D eigenvalue weighted by Crippen LogP contribution is -2.40. The van der Waals surface area contributed by atoms with E-state index in [2.05, 4.69) is 46.6 Å². The summed E-state index contributed by atoms with van der Waals surface area (Å²) < 4.78 is 5.37. The quantitative estimate of drug-likeness (QED) is 0.744. The molecule has 1 aromatic rings. The highest BCUT2D eigenvalue weighted by Crippen LogP contribution is 2.25. The van der Waals surface area contributed by atoms with Gasteiger partial charge in [0.05, 0.1) is 12.8 Å². The maximum absolute atomic E-state index is 9.37. The van der Waals surface area contributed by atoms with Gasteiger partial charge in [-0.1, -0.05) is 55.5 Å². The molecular weight excluding hydrogens is 372 g/mol. The molecule has 0 atom stereocenters. The molecule has 150 valence electrons. The third-order valence-electron chi connectivity index (χ3n) is 4.52. The van der Waals surface area contributed by atoms with Gasteiger partial charge < -0.3 is 20.1 Å². The third kappa shape index (κ3) is 6.53. The second kappa shape index (κ2) is 11.3. The predicted molar refractivity (Wildman–Crippen MR) is 116 cm³/mol. The minimum atomic E-state index is -0.745. The maximum Gasteiger partial charge on any atom is 0.303 e. The summed E-state index contributed by atoms with van der Waals surface area (Å²) in [6, 6.07) is 10.5. The second-order valence-corrected chi connectivity index (χ2v) is 6.87. The van der Waals surface area contributed by atoms with Gasteiger partial charge >= 0.3 is 5.97 Å². The number of carboxylic acids is 1. The van der Waals surface area contributed by atoms with Gasteiger partial charge in [-0.25, -0.2) is 0 Å². The summed E-state index contributed by atoms with van der Waals surface area (Å²) in [5, 5.41) is 11.2. The molecule has 2 aliphatic heterocycles. The molecule has 6 heteroatoms. The Bertz CT molecular complexity index is 769. The molecule has 0 saturated carbocycles. The zero-order valence-corrected chi connectivity index (χ0v) is 17.3. The summed E-state index contributed by atoms with van der Waals surface area (Å²) in [6.07, 6.45) is 8.35. The van der Waals surface area contributed by atoms with Crippen molar-refractivity contribution in [3.8, 4) is 0 Å². The van der Waals surface area contributed by atoms with E-state index in [9.17, 15) is 4.79 Å². The normalized spacial score (nSPS) is 19.4. The number of allylic oxidation sites excluding steroid dienone is 2. The smallest absolute Gasteiger partial charge is 0.303 e. The van der Waals surface area contributed by atoms with E-state index in [1.54, 1.807) is 14.0 Å². The van der Waals surface area contributed by atoms with E-state index in [0.29, 0.717) is 0 Å². The van der Waals surface area contributed by atoms with Crippen LogP contribution in [0.3, 0.4) is 0 Å². The Morgan fingerprint density at radius 1 is 1.32 bits per heavy atom. The van der Waals surface area contributed by atoms with E-state index >= 15 is 0 Å². The van der Waals surface area contributed by atoms with Gasteiger partial charge in [0.2, 0.25) is 0 Å². The Kier molecular flexibility index (Phi) is 8.75. The van der Waals surface area contributed by atoms with Crippen molar-refractivity contribution >= 4 is 23.2 Å². The van der Waals surface area contributed by atoms with Crippen molar-refractivity contribution in [3.63, 3.8) is 0 Å². The van der Waals surface area contributed by atoms with Crippen molar-refractivity contribution in [2.24, 2.45) is 0 Å². The fourth-order valence-corrected chi connectivity index (χ4v) is 3.32. The molecule has 3 rings (SSSR count). The molecule has 2 aliphatic rings. The number of carboxylic acid groups (broad SMARTS) is 1. The number of aliphatic carboxylic acids is 1. The van der Waals surface area contributed by atoms with Crippen LogP contribution in [0, 0.1) is 0 Å². The van der Waals surface area contributed by atoms with E-state index in [0.717, 1.165) is 48.9 Å². The zero-order valence-electron chi connectivity index (χ0n) is 16.5. The average molecular weight is 401 g/mol. The summed E-state index contributed by atoms with van der Waals surface area (Å²) in [6.45, 7) is 4.20. The Hall–Kier alpha value is -2.60. The minimum absolute atomic E-state index is 0.222. The van der Waals surface area contributed by atoms with Gasteiger partial charge in [0.25, 0.3) is 0 Å². The van der Waals surface area contributed by atoms with E-state index in [-0.39, 0.29) is 6.42 Å². The van der Waals surface area contributed by atoms with Gasteiger partial charge in [0, 0.05) is 26.1 Å². The first-order chi connectivity index (χ1) is 13.5.